The van der Waals surface area contributed by atoms with Crippen LogP contribution in [-0.2, 0) is 28.1 Å². The summed E-state index contributed by atoms with van der Waals surface area (Å²) in [6, 6.07) is 14.7. The van der Waals surface area contributed by atoms with Crippen LogP contribution in [0.2, 0.25) is 0 Å². The van der Waals surface area contributed by atoms with E-state index in [0.717, 1.165) is 13.0 Å². The fourth-order valence-electron chi connectivity index (χ4n) is 4.17. The van der Waals surface area contributed by atoms with Gasteiger partial charge in [0.15, 0.2) is 0 Å². The quantitative estimate of drug-likeness (QED) is 0.628. The molecule has 0 saturated heterocycles. The molecule has 1 atom stereocenters. The van der Waals surface area contributed by atoms with Gasteiger partial charge in [-0.15, -0.1) is 0 Å². The molecule has 2 aromatic rings. The van der Waals surface area contributed by atoms with Gasteiger partial charge >= 0.3 is 11.9 Å². The molecule has 6 nitrogen and oxygen atoms in total. The largest absolute Gasteiger partial charge is 0.508 e. The number of rotatable bonds is 0. The van der Waals surface area contributed by atoms with Crippen LogP contribution in [0.25, 0.3) is 0 Å². The van der Waals surface area contributed by atoms with Crippen molar-refractivity contribution in [2.45, 2.75) is 31.3 Å². The van der Waals surface area contributed by atoms with E-state index in [1.807, 2.05) is 6.07 Å². The Labute approximate surface area is 151 Å². The van der Waals surface area contributed by atoms with Crippen LogP contribution in [0.3, 0.4) is 0 Å². The van der Waals surface area contributed by atoms with Crippen molar-refractivity contribution < 1.29 is 24.9 Å². The first-order valence-electron chi connectivity index (χ1n) is 8.44. The minimum absolute atomic E-state index is 0.0388. The first-order chi connectivity index (χ1) is 12.4. The first-order valence-corrected chi connectivity index (χ1v) is 8.44. The minimum Gasteiger partial charge on any atom is -0.508 e. The molecule has 0 saturated carbocycles. The third-order valence-electron chi connectivity index (χ3n) is 5.23. The number of carbonyl (C=O) groups is 2. The van der Waals surface area contributed by atoms with E-state index in [1.165, 1.54) is 35.1 Å². The lowest BCUT2D eigenvalue weighted by Crippen LogP contribution is -2.42. The molecule has 6 heteroatoms. The Morgan fingerprint density at radius 2 is 1.69 bits per heavy atom. The van der Waals surface area contributed by atoms with Crippen molar-refractivity contribution >= 4 is 11.9 Å². The first kappa shape index (κ1) is 17.9. The highest BCUT2D eigenvalue weighted by Gasteiger charge is 2.46. The van der Waals surface area contributed by atoms with E-state index < -0.39 is 11.9 Å². The van der Waals surface area contributed by atoms with Crippen LogP contribution in [0.4, 0.5) is 0 Å². The number of carboxylic acid groups (broad SMARTS) is 2. The number of aliphatic carboxylic acids is 2. The summed E-state index contributed by atoms with van der Waals surface area (Å²) in [7, 11) is 2.21. The molecule has 3 N–H and O–H groups in total. The van der Waals surface area contributed by atoms with Crippen molar-refractivity contribution in [2.24, 2.45) is 0 Å². The second kappa shape index (κ2) is 6.80. The molecule has 0 fully saturated rings. The van der Waals surface area contributed by atoms with Crippen LogP contribution in [-0.4, -0.2) is 39.2 Å². The maximum Gasteiger partial charge on any atom is 0.414 e. The smallest absolute Gasteiger partial charge is 0.414 e. The van der Waals surface area contributed by atoms with Crippen LogP contribution < -0.4 is 0 Å². The third kappa shape index (κ3) is 2.93. The second-order valence-electron chi connectivity index (χ2n) is 6.68. The van der Waals surface area contributed by atoms with Crippen molar-refractivity contribution in [3.05, 3.63) is 64.7 Å². The van der Waals surface area contributed by atoms with Gasteiger partial charge in [-0.2, -0.15) is 0 Å². The van der Waals surface area contributed by atoms with E-state index in [9.17, 15) is 5.11 Å². The second-order valence-corrected chi connectivity index (χ2v) is 6.68. The Balaban J connectivity index is 0.000000286. The van der Waals surface area contributed by atoms with Crippen molar-refractivity contribution in [1.82, 2.24) is 4.90 Å². The molecule has 0 aromatic heterocycles. The van der Waals surface area contributed by atoms with Gasteiger partial charge in [0.05, 0.1) is 5.54 Å². The summed E-state index contributed by atoms with van der Waals surface area (Å²) in [6.07, 6.45) is 3.51. The fourth-order valence-corrected chi connectivity index (χ4v) is 4.17. The molecular weight excluding hydrogens is 334 g/mol. The number of aryl methyl sites for hydroxylation is 1. The maximum absolute atomic E-state index is 9.93. The standard InChI is InChI=1S/C18H19NO.C2H2O4/c1-19-12-14-8-9-15(20)11-17(14)18(19)10-4-6-13-5-2-3-7-16(13)18;3-1(4)2(5)6/h2-3,5,7-9,11,20H,4,6,10,12H2,1H3;(H,3,4)(H,5,6). The molecule has 26 heavy (non-hydrogen) atoms. The molecule has 1 unspecified atom stereocenters. The molecule has 0 radical (unpaired) electrons. The van der Waals surface area contributed by atoms with Gasteiger partial charge in [0, 0.05) is 6.54 Å². The monoisotopic (exact) mass is 355 g/mol. The molecule has 1 heterocycles. The van der Waals surface area contributed by atoms with Gasteiger partial charge < -0.3 is 15.3 Å². The van der Waals surface area contributed by atoms with E-state index in [-0.39, 0.29) is 5.54 Å². The summed E-state index contributed by atoms with van der Waals surface area (Å²) in [5.74, 6) is -3.27. The maximum atomic E-state index is 9.93. The molecular formula is C20H21NO5. The molecule has 1 aliphatic carbocycles. The predicted molar refractivity (Wildman–Crippen MR) is 95.0 cm³/mol. The average molecular weight is 355 g/mol. The highest BCUT2D eigenvalue weighted by atomic mass is 16.4. The van der Waals surface area contributed by atoms with Gasteiger partial charge in [-0.3, -0.25) is 4.90 Å². The number of phenolic OH excluding ortho intramolecular Hbond substituents is 1. The lowest BCUT2D eigenvalue weighted by atomic mass is 9.72. The fraction of sp³-hybridized carbons (Fsp3) is 0.300. The number of aromatic hydroxyl groups is 1. The van der Waals surface area contributed by atoms with Gasteiger partial charge in [-0.1, -0.05) is 30.3 Å². The lowest BCUT2D eigenvalue weighted by molar-refractivity contribution is -0.159. The topological polar surface area (TPSA) is 98.1 Å². The number of fused-ring (bicyclic) bond motifs is 4. The van der Waals surface area contributed by atoms with E-state index in [0.29, 0.717) is 5.75 Å². The zero-order valence-corrected chi connectivity index (χ0v) is 14.5. The van der Waals surface area contributed by atoms with Crippen LogP contribution in [0, 0.1) is 0 Å². The zero-order valence-electron chi connectivity index (χ0n) is 14.5. The summed E-state index contributed by atoms with van der Waals surface area (Å²) in [5.41, 5.74) is 5.50. The SMILES string of the molecule is CN1Cc2ccc(O)cc2C12CCCc1ccccc12.O=C(O)C(=O)O. The molecule has 1 aliphatic heterocycles. The summed E-state index contributed by atoms with van der Waals surface area (Å²) >= 11 is 0. The molecule has 0 bridgehead atoms. The van der Waals surface area contributed by atoms with Crippen molar-refractivity contribution in [2.75, 3.05) is 7.05 Å². The number of carboxylic acids is 2. The van der Waals surface area contributed by atoms with E-state index in [1.54, 1.807) is 6.07 Å². The summed E-state index contributed by atoms with van der Waals surface area (Å²) in [4.78, 5) is 20.7. The van der Waals surface area contributed by atoms with Gasteiger partial charge in [0.25, 0.3) is 0 Å². The van der Waals surface area contributed by atoms with Gasteiger partial charge in [-0.25, -0.2) is 9.59 Å². The highest BCUT2D eigenvalue weighted by molar-refractivity contribution is 6.27. The lowest BCUT2D eigenvalue weighted by Gasteiger charge is -2.42. The molecule has 1 spiro atoms. The van der Waals surface area contributed by atoms with E-state index in [2.05, 4.69) is 42.3 Å². The minimum atomic E-state index is -1.82. The molecule has 2 aromatic carbocycles. The molecule has 0 amide bonds. The Hall–Kier alpha value is -2.86. The van der Waals surface area contributed by atoms with Crippen LogP contribution >= 0.6 is 0 Å². The summed E-state index contributed by atoms with van der Waals surface area (Å²) in [5, 5.41) is 24.7. The molecule has 2 aliphatic rings. The van der Waals surface area contributed by atoms with Gasteiger partial charge in [0.1, 0.15) is 5.75 Å². The summed E-state index contributed by atoms with van der Waals surface area (Å²) < 4.78 is 0. The Bertz CT molecular complexity index is 851. The van der Waals surface area contributed by atoms with Crippen LogP contribution in [0.1, 0.15) is 35.1 Å². The van der Waals surface area contributed by atoms with Gasteiger partial charge in [0.2, 0.25) is 0 Å². The highest BCUT2D eigenvalue weighted by Crippen LogP contribution is 2.50. The van der Waals surface area contributed by atoms with E-state index >= 15 is 0 Å². The molecule has 4 rings (SSSR count). The Morgan fingerprint density at radius 3 is 2.38 bits per heavy atom. The van der Waals surface area contributed by atoms with Crippen LogP contribution in [0.15, 0.2) is 42.5 Å². The number of benzene rings is 2. The van der Waals surface area contributed by atoms with Crippen molar-refractivity contribution in [1.29, 1.82) is 0 Å². The van der Waals surface area contributed by atoms with Crippen LogP contribution in [0.5, 0.6) is 5.75 Å². The number of hydrogen-bond donors (Lipinski definition) is 3. The van der Waals surface area contributed by atoms with Crippen molar-refractivity contribution in [3.63, 3.8) is 0 Å². The number of phenols is 1. The summed E-state index contributed by atoms with van der Waals surface area (Å²) in [6.45, 7) is 0.962. The predicted octanol–water partition coefficient (Wildman–Crippen LogP) is 2.57. The Kier molecular flexibility index (Phi) is 4.70. The zero-order chi connectivity index (χ0) is 18.9. The van der Waals surface area contributed by atoms with Gasteiger partial charge in [-0.05, 0) is 60.7 Å². The van der Waals surface area contributed by atoms with Crippen molar-refractivity contribution in [3.8, 4) is 5.75 Å². The number of nitrogens with zero attached hydrogens (tertiary/aromatic N) is 1. The Morgan fingerprint density at radius 1 is 1.00 bits per heavy atom. The molecule has 136 valence electrons. The third-order valence-corrected chi connectivity index (χ3v) is 5.23. The number of hydrogen-bond acceptors (Lipinski definition) is 4. The van der Waals surface area contributed by atoms with E-state index in [4.69, 9.17) is 19.8 Å². The average Bonchev–Trinajstić information content (AvgIpc) is 2.88. The normalized spacial score (nSPS) is 20.7.